The molecule has 0 bridgehead atoms. The van der Waals surface area contributed by atoms with Crippen LogP contribution in [0.3, 0.4) is 0 Å². The Morgan fingerprint density at radius 1 is 1.09 bits per heavy atom. The van der Waals surface area contributed by atoms with Crippen molar-refractivity contribution in [1.82, 2.24) is 4.31 Å². The first-order valence-corrected chi connectivity index (χ1v) is 9.39. The zero-order chi connectivity index (χ0) is 15.9. The Kier molecular flexibility index (Phi) is 3.99. The number of nitrogens with zero attached hydrogens (tertiary/aromatic N) is 2. The maximum atomic E-state index is 12.8. The summed E-state index contributed by atoms with van der Waals surface area (Å²) < 4.78 is 27.0. The normalized spacial score (nSPS) is 17.8. The molecule has 5 nitrogen and oxygen atoms in total. The standard InChI is InChI=1S/C16H22N2O3S/c1-3-17(4-2)22(20,21)14-10-12-6-5-9-18-15(19)8-7-13(11-14)16(12)18/h10-11H,3-9H2,1-2H3. The van der Waals surface area contributed by atoms with E-state index in [0.29, 0.717) is 30.8 Å². The quantitative estimate of drug-likeness (QED) is 0.851. The van der Waals surface area contributed by atoms with Crippen LogP contribution >= 0.6 is 0 Å². The molecule has 2 aliphatic heterocycles. The molecule has 0 spiro atoms. The van der Waals surface area contributed by atoms with Crippen molar-refractivity contribution in [3.05, 3.63) is 23.3 Å². The van der Waals surface area contributed by atoms with Crippen LogP contribution in [0.25, 0.3) is 0 Å². The fourth-order valence-electron chi connectivity index (χ4n) is 3.48. The lowest BCUT2D eigenvalue weighted by Gasteiger charge is -2.35. The number of amides is 1. The first-order valence-electron chi connectivity index (χ1n) is 7.95. The smallest absolute Gasteiger partial charge is 0.243 e. The molecule has 3 rings (SSSR count). The third kappa shape index (κ3) is 2.34. The Morgan fingerprint density at radius 3 is 2.36 bits per heavy atom. The van der Waals surface area contributed by atoms with Crippen LogP contribution in [0, 0.1) is 0 Å². The van der Waals surface area contributed by atoms with Crippen molar-refractivity contribution >= 4 is 21.6 Å². The number of benzene rings is 1. The van der Waals surface area contributed by atoms with Crippen molar-refractivity contribution in [2.24, 2.45) is 0 Å². The number of sulfonamides is 1. The van der Waals surface area contributed by atoms with Crippen LogP contribution in [0.2, 0.25) is 0 Å². The predicted molar refractivity (Wildman–Crippen MR) is 85.5 cm³/mol. The average Bonchev–Trinajstić information content (AvgIpc) is 2.51. The fraction of sp³-hybridized carbons (Fsp3) is 0.562. The number of hydrogen-bond donors (Lipinski definition) is 0. The highest BCUT2D eigenvalue weighted by atomic mass is 32.2. The summed E-state index contributed by atoms with van der Waals surface area (Å²) in [6, 6.07) is 3.55. The zero-order valence-electron chi connectivity index (χ0n) is 13.1. The molecule has 2 heterocycles. The van der Waals surface area contributed by atoms with Gasteiger partial charge in [-0.05, 0) is 42.5 Å². The van der Waals surface area contributed by atoms with Crippen molar-refractivity contribution in [2.45, 2.75) is 44.4 Å². The van der Waals surface area contributed by atoms with E-state index < -0.39 is 10.0 Å². The van der Waals surface area contributed by atoms with E-state index in [2.05, 4.69) is 0 Å². The van der Waals surface area contributed by atoms with Crippen LogP contribution in [0.1, 0.15) is 37.8 Å². The minimum absolute atomic E-state index is 0.160. The van der Waals surface area contributed by atoms with Crippen molar-refractivity contribution in [3.63, 3.8) is 0 Å². The summed E-state index contributed by atoms with van der Waals surface area (Å²) in [5.41, 5.74) is 2.98. The van der Waals surface area contributed by atoms with Crippen LogP contribution in [0.4, 0.5) is 5.69 Å². The molecule has 1 aromatic rings. The highest BCUT2D eigenvalue weighted by Gasteiger charge is 2.32. The molecule has 0 saturated carbocycles. The number of rotatable bonds is 4. The van der Waals surface area contributed by atoms with Crippen molar-refractivity contribution < 1.29 is 13.2 Å². The van der Waals surface area contributed by atoms with E-state index in [1.54, 1.807) is 12.1 Å². The second-order valence-electron chi connectivity index (χ2n) is 5.83. The Hall–Kier alpha value is -1.40. The summed E-state index contributed by atoms with van der Waals surface area (Å²) in [7, 11) is -3.44. The monoisotopic (exact) mass is 322 g/mol. The summed E-state index contributed by atoms with van der Waals surface area (Å²) >= 11 is 0. The Morgan fingerprint density at radius 2 is 1.73 bits per heavy atom. The van der Waals surface area contributed by atoms with Crippen molar-refractivity contribution in [1.29, 1.82) is 0 Å². The van der Waals surface area contributed by atoms with Gasteiger partial charge in [0.2, 0.25) is 15.9 Å². The van der Waals surface area contributed by atoms with Gasteiger partial charge in [0.05, 0.1) is 10.6 Å². The van der Waals surface area contributed by atoms with Crippen LogP contribution in [0.5, 0.6) is 0 Å². The fourth-order valence-corrected chi connectivity index (χ4v) is 5.04. The number of aryl methyl sites for hydroxylation is 2. The molecular weight excluding hydrogens is 300 g/mol. The van der Waals surface area contributed by atoms with Gasteiger partial charge in [-0.25, -0.2) is 8.42 Å². The van der Waals surface area contributed by atoms with Gasteiger partial charge >= 0.3 is 0 Å². The van der Waals surface area contributed by atoms with E-state index in [1.165, 1.54) is 4.31 Å². The molecule has 2 aliphatic rings. The molecule has 22 heavy (non-hydrogen) atoms. The molecule has 6 heteroatoms. The molecule has 0 aromatic heterocycles. The third-order valence-corrected chi connectivity index (χ3v) is 6.62. The molecule has 0 aliphatic carbocycles. The lowest BCUT2D eigenvalue weighted by Crippen LogP contribution is -2.39. The van der Waals surface area contributed by atoms with Gasteiger partial charge in [0.15, 0.2) is 0 Å². The number of anilines is 1. The summed E-state index contributed by atoms with van der Waals surface area (Å²) in [5, 5.41) is 0. The minimum Gasteiger partial charge on any atom is -0.312 e. The molecule has 0 saturated heterocycles. The predicted octanol–water partition coefficient (Wildman–Crippen LogP) is 1.94. The molecule has 0 atom stereocenters. The van der Waals surface area contributed by atoms with Crippen LogP contribution in [0.15, 0.2) is 17.0 Å². The van der Waals surface area contributed by atoms with Gasteiger partial charge in [0.25, 0.3) is 0 Å². The summed E-state index contributed by atoms with van der Waals surface area (Å²) in [5.74, 6) is 0.160. The van der Waals surface area contributed by atoms with E-state index in [-0.39, 0.29) is 5.91 Å². The summed E-state index contributed by atoms with van der Waals surface area (Å²) in [6.45, 7) is 5.39. The van der Waals surface area contributed by atoms with E-state index in [1.807, 2.05) is 18.7 Å². The van der Waals surface area contributed by atoms with Gasteiger partial charge < -0.3 is 4.90 Å². The molecule has 0 N–H and O–H groups in total. The summed E-state index contributed by atoms with van der Waals surface area (Å²) in [6.07, 6.45) is 2.85. The maximum absolute atomic E-state index is 12.8. The third-order valence-electron chi connectivity index (χ3n) is 4.59. The second kappa shape index (κ2) is 5.66. The first kappa shape index (κ1) is 15.5. The van der Waals surface area contributed by atoms with E-state index in [9.17, 15) is 13.2 Å². The largest absolute Gasteiger partial charge is 0.312 e. The first-order chi connectivity index (χ1) is 10.5. The molecule has 0 fully saturated rings. The van der Waals surface area contributed by atoms with Crippen LogP contribution in [-0.2, 0) is 27.7 Å². The number of carbonyl (C=O) groups is 1. The maximum Gasteiger partial charge on any atom is 0.243 e. The molecule has 0 radical (unpaired) electrons. The average molecular weight is 322 g/mol. The van der Waals surface area contributed by atoms with E-state index in [4.69, 9.17) is 0 Å². The van der Waals surface area contributed by atoms with Crippen LogP contribution in [-0.4, -0.2) is 38.3 Å². The zero-order valence-corrected chi connectivity index (χ0v) is 13.9. The molecule has 1 amide bonds. The molecule has 1 aromatic carbocycles. The molecule has 0 unspecified atom stereocenters. The second-order valence-corrected chi connectivity index (χ2v) is 7.77. The van der Waals surface area contributed by atoms with E-state index in [0.717, 1.165) is 36.2 Å². The lowest BCUT2D eigenvalue weighted by molar-refractivity contribution is -0.119. The Labute approximate surface area is 132 Å². The highest BCUT2D eigenvalue weighted by Crippen LogP contribution is 2.38. The summed E-state index contributed by atoms with van der Waals surface area (Å²) in [4.78, 5) is 14.3. The van der Waals surface area contributed by atoms with Crippen LogP contribution < -0.4 is 4.90 Å². The van der Waals surface area contributed by atoms with Gasteiger partial charge in [-0.3, -0.25) is 4.79 Å². The lowest BCUT2D eigenvalue weighted by atomic mass is 9.92. The Bertz CT molecular complexity index is 691. The molecule has 120 valence electrons. The molecular formula is C16H22N2O3S. The van der Waals surface area contributed by atoms with Gasteiger partial charge in [-0.15, -0.1) is 0 Å². The van der Waals surface area contributed by atoms with E-state index >= 15 is 0 Å². The Balaban J connectivity index is 2.12. The highest BCUT2D eigenvalue weighted by molar-refractivity contribution is 7.89. The topological polar surface area (TPSA) is 57.7 Å². The van der Waals surface area contributed by atoms with Gasteiger partial charge in [0, 0.05) is 26.1 Å². The minimum atomic E-state index is -3.44. The van der Waals surface area contributed by atoms with Gasteiger partial charge in [-0.2, -0.15) is 4.31 Å². The van der Waals surface area contributed by atoms with Gasteiger partial charge in [0.1, 0.15) is 0 Å². The SMILES string of the molecule is CCN(CC)S(=O)(=O)c1cc2c3c(c1)CCC(=O)N3CCC2. The van der Waals surface area contributed by atoms with Crippen molar-refractivity contribution in [3.8, 4) is 0 Å². The van der Waals surface area contributed by atoms with Crippen molar-refractivity contribution in [2.75, 3.05) is 24.5 Å². The number of hydrogen-bond acceptors (Lipinski definition) is 3. The number of carbonyl (C=O) groups excluding carboxylic acids is 1. The van der Waals surface area contributed by atoms with Gasteiger partial charge in [-0.1, -0.05) is 13.8 Å².